The molecular weight excluding hydrogens is 282 g/mol. The van der Waals surface area contributed by atoms with Crippen LogP contribution in [0.2, 0.25) is 0 Å². The van der Waals surface area contributed by atoms with Crippen molar-refractivity contribution in [2.45, 2.75) is 44.7 Å². The number of amides is 2. The summed E-state index contributed by atoms with van der Waals surface area (Å²) in [7, 11) is 3.64. The van der Waals surface area contributed by atoms with Crippen LogP contribution in [0.15, 0.2) is 6.07 Å². The fourth-order valence-electron chi connectivity index (χ4n) is 3.28. The molecule has 2 heterocycles. The molecular formula is C16H25N3OS. The van der Waals surface area contributed by atoms with Crippen LogP contribution in [-0.4, -0.2) is 49.1 Å². The zero-order chi connectivity index (χ0) is 14.8. The highest BCUT2D eigenvalue weighted by molar-refractivity contribution is 7.12. The van der Waals surface area contributed by atoms with Gasteiger partial charge in [-0.25, -0.2) is 4.79 Å². The van der Waals surface area contributed by atoms with E-state index in [1.807, 2.05) is 30.3 Å². The first-order valence-corrected chi connectivity index (χ1v) is 8.75. The van der Waals surface area contributed by atoms with Crippen LogP contribution in [0.3, 0.4) is 0 Å². The predicted octanol–water partition coefficient (Wildman–Crippen LogP) is 2.47. The fraction of sp³-hybridized carbons (Fsp3) is 0.688. The smallest absolute Gasteiger partial charge is 0.319 e. The summed E-state index contributed by atoms with van der Waals surface area (Å²) in [5.41, 5.74) is 1.59. The van der Waals surface area contributed by atoms with Crippen molar-refractivity contribution in [1.29, 1.82) is 0 Å². The molecule has 1 aliphatic heterocycles. The Morgan fingerprint density at radius 2 is 2.14 bits per heavy atom. The summed E-state index contributed by atoms with van der Waals surface area (Å²) in [4.78, 5) is 18.6. The molecule has 5 heteroatoms. The number of piperidine rings is 1. The maximum atomic E-state index is 11.9. The third-order valence-electron chi connectivity index (χ3n) is 4.51. The lowest BCUT2D eigenvalue weighted by molar-refractivity contribution is 0.152. The van der Waals surface area contributed by atoms with Crippen LogP contribution in [0.4, 0.5) is 4.79 Å². The molecule has 1 aliphatic carbocycles. The van der Waals surface area contributed by atoms with Crippen molar-refractivity contribution in [3.05, 3.63) is 21.4 Å². The minimum absolute atomic E-state index is 0.142. The van der Waals surface area contributed by atoms with Gasteiger partial charge in [0.2, 0.25) is 0 Å². The van der Waals surface area contributed by atoms with Crippen LogP contribution in [0.1, 0.15) is 34.6 Å². The number of likely N-dealkylation sites (tertiary alicyclic amines) is 1. The first-order chi connectivity index (χ1) is 10.1. The largest absolute Gasteiger partial charge is 0.331 e. The van der Waals surface area contributed by atoms with Crippen molar-refractivity contribution in [3.8, 4) is 0 Å². The van der Waals surface area contributed by atoms with Crippen LogP contribution in [0, 0.1) is 0 Å². The second-order valence-electron chi connectivity index (χ2n) is 6.33. The number of nitrogens with one attached hydrogen (secondary N) is 1. The summed E-state index contributed by atoms with van der Waals surface area (Å²) in [6, 6.07) is 3.08. The van der Waals surface area contributed by atoms with E-state index in [1.54, 1.807) is 15.3 Å². The third-order valence-corrected chi connectivity index (χ3v) is 5.75. The number of carbonyl (C=O) groups excluding carboxylic acids is 1. The van der Waals surface area contributed by atoms with Crippen molar-refractivity contribution < 1.29 is 4.79 Å². The average molecular weight is 307 g/mol. The van der Waals surface area contributed by atoms with E-state index in [-0.39, 0.29) is 6.03 Å². The lowest BCUT2D eigenvalue weighted by atomic mass is 10.1. The van der Waals surface area contributed by atoms with Gasteiger partial charge in [-0.15, -0.1) is 11.3 Å². The van der Waals surface area contributed by atoms with Gasteiger partial charge in [-0.2, -0.15) is 0 Å². The molecule has 1 aromatic rings. The van der Waals surface area contributed by atoms with Gasteiger partial charge in [0.05, 0.1) is 0 Å². The maximum absolute atomic E-state index is 11.9. The van der Waals surface area contributed by atoms with Crippen molar-refractivity contribution >= 4 is 17.4 Å². The average Bonchev–Trinajstić information content (AvgIpc) is 3.06. The Bertz CT molecular complexity index is 482. The number of hydrogen-bond acceptors (Lipinski definition) is 3. The molecule has 0 saturated carbocycles. The molecule has 0 radical (unpaired) electrons. The van der Waals surface area contributed by atoms with Crippen LogP contribution < -0.4 is 5.32 Å². The maximum Gasteiger partial charge on any atom is 0.319 e. The molecule has 0 spiro atoms. The zero-order valence-electron chi connectivity index (χ0n) is 13.0. The van der Waals surface area contributed by atoms with Gasteiger partial charge in [-0.1, -0.05) is 0 Å². The number of hydrogen-bond donors (Lipinski definition) is 1. The SMILES string of the molecule is CN(C)C(=O)N1CCC(NCc2cc3c(s2)CCC3)CC1. The first-order valence-electron chi connectivity index (χ1n) is 7.93. The molecule has 1 N–H and O–H groups in total. The molecule has 0 atom stereocenters. The number of rotatable bonds is 3. The monoisotopic (exact) mass is 307 g/mol. The van der Waals surface area contributed by atoms with E-state index in [4.69, 9.17) is 0 Å². The molecule has 0 bridgehead atoms. The Morgan fingerprint density at radius 3 is 2.81 bits per heavy atom. The predicted molar refractivity (Wildman–Crippen MR) is 86.9 cm³/mol. The quantitative estimate of drug-likeness (QED) is 0.931. The Kier molecular flexibility index (Phi) is 4.50. The van der Waals surface area contributed by atoms with E-state index in [2.05, 4.69) is 11.4 Å². The molecule has 3 rings (SSSR count). The number of thiophene rings is 1. The highest BCUT2D eigenvalue weighted by atomic mass is 32.1. The fourth-order valence-corrected chi connectivity index (χ4v) is 4.49. The summed E-state index contributed by atoms with van der Waals surface area (Å²) in [6.07, 6.45) is 6.02. The number of nitrogens with zero attached hydrogens (tertiary/aromatic N) is 2. The highest BCUT2D eigenvalue weighted by Crippen LogP contribution is 2.30. The van der Waals surface area contributed by atoms with Gasteiger partial charge in [0.1, 0.15) is 0 Å². The van der Waals surface area contributed by atoms with Crippen LogP contribution in [-0.2, 0) is 19.4 Å². The standard InChI is InChI=1S/C16H25N3OS/c1-18(2)16(20)19-8-6-13(7-9-19)17-11-14-10-12-4-3-5-15(12)21-14/h10,13,17H,3-9,11H2,1-2H3. The Balaban J connectivity index is 1.44. The van der Waals surface area contributed by atoms with Gasteiger partial charge in [0.25, 0.3) is 0 Å². The Morgan fingerprint density at radius 1 is 1.38 bits per heavy atom. The number of fused-ring (bicyclic) bond motifs is 1. The van der Waals surface area contributed by atoms with Gasteiger partial charge >= 0.3 is 6.03 Å². The highest BCUT2D eigenvalue weighted by Gasteiger charge is 2.23. The van der Waals surface area contributed by atoms with E-state index >= 15 is 0 Å². The minimum Gasteiger partial charge on any atom is -0.331 e. The second-order valence-corrected chi connectivity index (χ2v) is 7.56. The molecule has 0 unspecified atom stereocenters. The number of carbonyl (C=O) groups is 1. The lowest BCUT2D eigenvalue weighted by Crippen LogP contribution is -2.47. The number of urea groups is 1. The molecule has 2 amide bonds. The first kappa shape index (κ1) is 14.9. The Hall–Kier alpha value is -1.07. The molecule has 4 nitrogen and oxygen atoms in total. The minimum atomic E-state index is 0.142. The summed E-state index contributed by atoms with van der Waals surface area (Å²) >= 11 is 1.99. The van der Waals surface area contributed by atoms with Crippen molar-refractivity contribution in [1.82, 2.24) is 15.1 Å². The summed E-state index contributed by atoms with van der Waals surface area (Å²) in [5.74, 6) is 0. The molecule has 1 saturated heterocycles. The van der Waals surface area contributed by atoms with E-state index in [0.29, 0.717) is 6.04 Å². The number of aryl methyl sites for hydroxylation is 2. The summed E-state index contributed by atoms with van der Waals surface area (Å²) in [5, 5.41) is 3.67. The zero-order valence-corrected chi connectivity index (χ0v) is 13.8. The summed E-state index contributed by atoms with van der Waals surface area (Å²) in [6.45, 7) is 2.73. The van der Waals surface area contributed by atoms with Crippen LogP contribution in [0.5, 0.6) is 0 Å². The Labute approximate surface area is 131 Å². The normalized spacial score (nSPS) is 18.9. The van der Waals surface area contributed by atoms with E-state index < -0.39 is 0 Å². The van der Waals surface area contributed by atoms with Crippen molar-refractivity contribution in [2.75, 3.05) is 27.2 Å². The topological polar surface area (TPSA) is 35.6 Å². The molecule has 2 aliphatic rings. The van der Waals surface area contributed by atoms with Gasteiger partial charge < -0.3 is 15.1 Å². The molecule has 1 fully saturated rings. The molecule has 1 aromatic heterocycles. The van der Waals surface area contributed by atoms with Crippen molar-refractivity contribution in [3.63, 3.8) is 0 Å². The lowest BCUT2D eigenvalue weighted by Gasteiger charge is -2.34. The van der Waals surface area contributed by atoms with E-state index in [0.717, 1.165) is 32.5 Å². The van der Waals surface area contributed by atoms with Crippen molar-refractivity contribution in [2.24, 2.45) is 0 Å². The third kappa shape index (κ3) is 3.40. The van der Waals surface area contributed by atoms with Gasteiger partial charge in [-0.3, -0.25) is 0 Å². The van der Waals surface area contributed by atoms with Gasteiger partial charge in [-0.05, 0) is 43.7 Å². The van der Waals surface area contributed by atoms with Gasteiger partial charge in [0.15, 0.2) is 0 Å². The van der Waals surface area contributed by atoms with E-state index in [9.17, 15) is 4.79 Å². The van der Waals surface area contributed by atoms with Crippen LogP contribution >= 0.6 is 11.3 Å². The molecule has 116 valence electrons. The second kappa shape index (κ2) is 6.36. The van der Waals surface area contributed by atoms with Crippen LogP contribution in [0.25, 0.3) is 0 Å². The summed E-state index contributed by atoms with van der Waals surface area (Å²) < 4.78 is 0. The van der Waals surface area contributed by atoms with Gasteiger partial charge in [0, 0.05) is 49.5 Å². The molecule has 21 heavy (non-hydrogen) atoms. The molecule has 0 aromatic carbocycles. The van der Waals surface area contributed by atoms with E-state index in [1.165, 1.54) is 24.1 Å².